The van der Waals surface area contributed by atoms with Crippen molar-refractivity contribution in [3.05, 3.63) is 117 Å². The van der Waals surface area contributed by atoms with Gasteiger partial charge in [-0.05, 0) is 292 Å². The van der Waals surface area contributed by atoms with Crippen molar-refractivity contribution >= 4 is 83.0 Å². The number of rotatable bonds is 17. The number of amides is 6. The minimum atomic E-state index is -0.585. The van der Waals surface area contributed by atoms with E-state index in [2.05, 4.69) is 85.6 Å². The first-order valence-electron chi connectivity index (χ1n) is 46.4. The van der Waals surface area contributed by atoms with Crippen LogP contribution in [0.5, 0.6) is 23.0 Å². The average molecular weight is 1770 g/mol. The van der Waals surface area contributed by atoms with Gasteiger partial charge >= 0.3 is 11.9 Å². The van der Waals surface area contributed by atoms with Crippen molar-refractivity contribution in [2.45, 2.75) is 328 Å². The molecule has 0 bridgehead atoms. The minimum absolute atomic E-state index is 0. The van der Waals surface area contributed by atoms with Gasteiger partial charge in [0.25, 0.3) is 11.8 Å². The monoisotopic (exact) mass is 1760 g/mol. The van der Waals surface area contributed by atoms with Gasteiger partial charge in [-0.1, -0.05) is 55.4 Å². The maximum atomic E-state index is 12.9. The average Bonchev–Trinajstić information content (AvgIpc) is 1.63. The van der Waals surface area contributed by atoms with Gasteiger partial charge in [0.05, 0.1) is 30.2 Å². The summed E-state index contributed by atoms with van der Waals surface area (Å²) in [5, 5.41) is 4.71. The number of Topliss-reactive ketones (excluding diaryl/α,β-unsaturated/α-hetero) is 2. The van der Waals surface area contributed by atoms with Crippen molar-refractivity contribution < 1.29 is 76.4 Å². The van der Waals surface area contributed by atoms with Crippen LogP contribution in [0, 0.1) is 21.7 Å². The zero-order valence-corrected chi connectivity index (χ0v) is 76.7. The number of cyclic esters (lactones) is 1. The lowest BCUT2D eigenvalue weighted by molar-refractivity contribution is -0.138. The zero-order chi connectivity index (χ0) is 87.9. The molecule has 0 aromatic heterocycles. The maximum Gasteiger partial charge on any atom is 0.338 e. The summed E-state index contributed by atoms with van der Waals surface area (Å²) in [4.78, 5) is 132. The Hall–Kier alpha value is -8.04. The Bertz CT molecular complexity index is 4440. The molecule has 9 aliphatic heterocycles. The maximum absolute atomic E-state index is 12.9. The van der Waals surface area contributed by atoms with Crippen LogP contribution in [0.4, 0.5) is 0 Å². The van der Waals surface area contributed by atoms with Gasteiger partial charge in [0, 0.05) is 105 Å². The minimum Gasteiger partial charge on any atom is -0.489 e. The van der Waals surface area contributed by atoms with Crippen LogP contribution < -0.4 is 35.3 Å². The van der Waals surface area contributed by atoms with Crippen molar-refractivity contribution in [2.75, 3.05) is 59.0 Å². The highest BCUT2D eigenvalue weighted by atomic mass is 35.5. The van der Waals surface area contributed by atoms with Gasteiger partial charge in [-0.2, -0.15) is 0 Å². The molecule has 25 nitrogen and oxygen atoms in total. The summed E-state index contributed by atoms with van der Waals surface area (Å²) in [5.74, 6) is 1.34. The van der Waals surface area contributed by atoms with Crippen LogP contribution in [0.2, 0.25) is 0 Å². The van der Waals surface area contributed by atoms with E-state index in [1.54, 1.807) is 22.8 Å². The van der Waals surface area contributed by atoms with E-state index in [4.69, 9.17) is 45.8 Å². The molecule has 125 heavy (non-hydrogen) atoms. The Morgan fingerprint density at radius 1 is 0.464 bits per heavy atom. The highest BCUT2D eigenvalue weighted by Crippen LogP contribution is 2.43. The summed E-state index contributed by atoms with van der Waals surface area (Å²) in [6, 6.07) is 23.0. The first kappa shape index (κ1) is 94.6. The number of hydrogen-bond donors (Lipinski definition) is 3. The number of esters is 2. The third-order valence-electron chi connectivity index (χ3n) is 28.3. The van der Waals surface area contributed by atoms with E-state index in [1.165, 1.54) is 122 Å². The Kier molecular flexibility index (Phi) is 31.1. The number of likely N-dealkylation sites (tertiary alicyclic amines) is 4. The highest BCUT2D eigenvalue weighted by Gasteiger charge is 2.46. The van der Waals surface area contributed by atoms with Gasteiger partial charge in [-0.25, -0.2) is 9.59 Å². The predicted molar refractivity (Wildman–Crippen MR) is 478 cm³/mol. The number of ether oxygens (including phenoxy) is 6. The van der Waals surface area contributed by atoms with E-state index < -0.39 is 12.1 Å². The molecule has 11 fully saturated rings. The summed E-state index contributed by atoms with van der Waals surface area (Å²) in [7, 11) is 0. The van der Waals surface area contributed by atoms with E-state index in [0.29, 0.717) is 120 Å². The van der Waals surface area contributed by atoms with Crippen LogP contribution in [0.15, 0.2) is 72.8 Å². The number of piperidine rings is 6. The smallest absolute Gasteiger partial charge is 0.338 e. The molecule has 0 radical (unpaired) electrons. The molecular formula is C98H135Cl2N9O16. The van der Waals surface area contributed by atoms with E-state index in [0.717, 1.165) is 104 Å². The molecule has 0 spiro atoms. The molecule has 14 aliphatic rings. The van der Waals surface area contributed by atoms with Crippen molar-refractivity contribution in [2.24, 2.45) is 27.4 Å². The number of imide groups is 2. The third kappa shape index (κ3) is 23.5. The third-order valence-corrected chi connectivity index (χ3v) is 28.6. The molecule has 4 N–H and O–H groups in total. The Morgan fingerprint density at radius 3 is 1.18 bits per heavy atom. The van der Waals surface area contributed by atoms with Gasteiger partial charge in [-0.15, -0.1) is 24.0 Å². The lowest BCUT2D eigenvalue weighted by Crippen LogP contribution is -2.52. The van der Waals surface area contributed by atoms with Crippen LogP contribution in [0.25, 0.3) is 0 Å². The molecule has 4 aromatic rings. The summed E-state index contributed by atoms with van der Waals surface area (Å²) in [5.41, 5.74) is 12.8. The first-order chi connectivity index (χ1) is 59.3. The molecule has 6 amide bonds. The number of nitrogens with one attached hydrogen (secondary N) is 2. The largest absolute Gasteiger partial charge is 0.489 e. The fourth-order valence-corrected chi connectivity index (χ4v) is 22.3. The van der Waals surface area contributed by atoms with Gasteiger partial charge < -0.3 is 44.0 Å². The topological polar surface area (TPSA) is 296 Å². The summed E-state index contributed by atoms with van der Waals surface area (Å²) >= 11 is 6.08. The molecule has 5 saturated carbocycles. The Labute approximate surface area is 749 Å². The quantitative estimate of drug-likeness (QED) is 0.0383. The van der Waals surface area contributed by atoms with E-state index in [1.807, 2.05) is 66.7 Å². The lowest BCUT2D eigenvalue weighted by atomic mass is 9.83. The molecule has 6 saturated heterocycles. The second-order valence-electron chi connectivity index (χ2n) is 40.4. The van der Waals surface area contributed by atoms with Gasteiger partial charge in [0.2, 0.25) is 23.6 Å². The van der Waals surface area contributed by atoms with Crippen LogP contribution in [-0.2, 0) is 63.8 Å². The second kappa shape index (κ2) is 41.2. The number of nitrogens with zero attached hydrogens (tertiary/aromatic N) is 6. The molecule has 18 rings (SSSR count). The molecular weight excluding hydrogens is 1630 g/mol. The predicted octanol–water partition coefficient (Wildman–Crippen LogP) is 14.6. The molecule has 9 heterocycles. The van der Waals surface area contributed by atoms with Crippen molar-refractivity contribution in [3.8, 4) is 23.0 Å². The highest BCUT2D eigenvalue weighted by molar-refractivity contribution is 6.17. The van der Waals surface area contributed by atoms with E-state index in [-0.39, 0.29) is 127 Å². The van der Waals surface area contributed by atoms with Crippen molar-refractivity contribution in [1.29, 1.82) is 0 Å². The van der Waals surface area contributed by atoms with Crippen LogP contribution in [0.1, 0.15) is 299 Å². The van der Waals surface area contributed by atoms with Crippen LogP contribution in [-0.4, -0.2) is 214 Å². The molecule has 682 valence electrons. The summed E-state index contributed by atoms with van der Waals surface area (Å²) in [6.45, 7) is 31.4. The van der Waals surface area contributed by atoms with Crippen LogP contribution in [0.3, 0.4) is 0 Å². The summed E-state index contributed by atoms with van der Waals surface area (Å²) < 4.78 is 35.9. The number of hydrogen-bond acceptors (Lipinski definition) is 21. The SMILES string of the molecule is CC1(C)CCCN(C2CCCC2Oc2ccc3c(c2)CN(C2CCC(=O)NC2=O)C3=O)C1.CC1(C)CCCN(C2CCCC2Oc2ccc3c(c2)CN(C2CCC(=O)NC2=O)C3=O)C1.CC1(C)CCCN(C2CCCC2Oc2ccc3c(c2)COC3=O)C1.CCOC(=O)c1ccc(OC2CCCC2N2CCCC(C)(C)C2)cc1CCl.Cl.NC1CCC(=O)CC1=O. The molecule has 11 unspecified atom stereocenters. The standard InChI is InChI=1S/2C25H33N3O4.C22H32ClNO3.C20H27NO3.C6H9NO2.ClH/c2*1-25(2)11-4-12-27(15-25)19-5-3-6-21(19)32-17-7-8-18-16(13-17)14-28(24(18)31)20-9-10-22(29)26-23(20)30;1-4-26-21(25)18-10-9-17(13-16(18)14-23)27-20-8-5-7-19(20)24-12-6-11-22(2,3)15-24;1-20(2)9-4-10-21(13-20)17-5-3-6-18(17)24-15-7-8-16-14(11-15)12-23-19(16)22;7-5-2-1-4(8)3-6(5)9;/h2*7-8,13,19-21H,3-6,9-12,14-15H2,1-2H3,(H,26,29,30);9-10,13,19-20H,4-8,11-12,14-15H2,1-3H3;7-8,11,17-18H,3-6,9-10,12-13H2,1-2H3;5H,1-3,7H2;1H. The lowest BCUT2D eigenvalue weighted by Gasteiger charge is -2.42. The second-order valence-corrected chi connectivity index (χ2v) is 40.7. The summed E-state index contributed by atoms with van der Waals surface area (Å²) in [6.07, 6.45) is 27.3. The number of nitrogens with two attached hydrogens (primary N) is 1. The number of alkyl halides is 1. The number of fused-ring (bicyclic) bond motifs is 3. The van der Waals surface area contributed by atoms with Crippen molar-refractivity contribution in [3.63, 3.8) is 0 Å². The fourth-order valence-electron chi connectivity index (χ4n) is 22.0. The number of benzene rings is 4. The van der Waals surface area contributed by atoms with E-state index >= 15 is 0 Å². The molecule has 5 aliphatic carbocycles. The van der Waals surface area contributed by atoms with Crippen molar-refractivity contribution in [1.82, 2.24) is 40.0 Å². The number of halogens is 2. The molecule has 27 heteroatoms. The first-order valence-corrected chi connectivity index (χ1v) is 46.9. The number of ketones is 2. The Balaban J connectivity index is 0.000000138. The molecule has 4 aromatic carbocycles. The van der Waals surface area contributed by atoms with Gasteiger partial charge in [-0.3, -0.25) is 68.6 Å². The van der Waals surface area contributed by atoms with Gasteiger partial charge in [0.15, 0.2) is 5.78 Å². The number of carbonyl (C=O) groups is 10. The van der Waals surface area contributed by atoms with Crippen LogP contribution >= 0.6 is 24.0 Å². The fraction of sp³-hybridized carbons (Fsp3) is 0.653. The zero-order valence-electron chi connectivity index (χ0n) is 75.1. The number of carbonyl (C=O) groups excluding carboxylic acids is 10. The van der Waals surface area contributed by atoms with Gasteiger partial charge in [0.1, 0.15) is 71.9 Å². The normalized spacial score (nSPS) is 28.7. The molecule has 11 atom stereocenters. The Morgan fingerprint density at radius 2 is 0.832 bits per heavy atom. The van der Waals surface area contributed by atoms with E-state index in [9.17, 15) is 47.9 Å².